The van der Waals surface area contributed by atoms with Crippen LogP contribution in [0.25, 0.3) is 0 Å². The Kier molecular flexibility index (Phi) is 3.88. The molecule has 114 valence electrons. The van der Waals surface area contributed by atoms with Gasteiger partial charge in [0.15, 0.2) is 0 Å². The summed E-state index contributed by atoms with van der Waals surface area (Å²) in [5, 5.41) is 6.45. The molecule has 0 fully saturated rings. The lowest BCUT2D eigenvalue weighted by molar-refractivity contribution is -0.120. The van der Waals surface area contributed by atoms with Gasteiger partial charge in [-0.3, -0.25) is 4.79 Å². The standard InChI is InChI=1S/C19H22N2O/c1-19(2,15-8-4-3-5-9-15)18(22)21-16-10-11-17-14(13-16)7-6-12-20-17/h3-5,8-11,13,20H,6-7,12H2,1-2H3,(H,21,22). The topological polar surface area (TPSA) is 41.1 Å². The summed E-state index contributed by atoms with van der Waals surface area (Å²) in [5.41, 5.74) is 3.80. The molecular weight excluding hydrogens is 272 g/mol. The molecule has 0 unspecified atom stereocenters. The summed E-state index contributed by atoms with van der Waals surface area (Å²) in [7, 11) is 0. The maximum Gasteiger partial charge on any atom is 0.234 e. The van der Waals surface area contributed by atoms with Crippen LogP contribution in [-0.4, -0.2) is 12.5 Å². The lowest BCUT2D eigenvalue weighted by Gasteiger charge is -2.25. The van der Waals surface area contributed by atoms with Gasteiger partial charge in [0.25, 0.3) is 0 Å². The fourth-order valence-corrected chi connectivity index (χ4v) is 2.83. The predicted molar refractivity (Wildman–Crippen MR) is 91.4 cm³/mol. The Morgan fingerprint density at radius 2 is 1.91 bits per heavy atom. The molecule has 0 atom stereocenters. The van der Waals surface area contributed by atoms with E-state index in [0.717, 1.165) is 30.6 Å². The van der Waals surface area contributed by atoms with Gasteiger partial charge in [0.05, 0.1) is 5.41 Å². The minimum absolute atomic E-state index is 0.0161. The fourth-order valence-electron chi connectivity index (χ4n) is 2.83. The highest BCUT2D eigenvalue weighted by Crippen LogP contribution is 2.28. The van der Waals surface area contributed by atoms with Crippen molar-refractivity contribution in [1.29, 1.82) is 0 Å². The maximum absolute atomic E-state index is 12.7. The van der Waals surface area contributed by atoms with Gasteiger partial charge in [-0.2, -0.15) is 0 Å². The Morgan fingerprint density at radius 3 is 2.68 bits per heavy atom. The molecule has 0 spiro atoms. The van der Waals surface area contributed by atoms with Crippen LogP contribution in [0.3, 0.4) is 0 Å². The lowest BCUT2D eigenvalue weighted by atomic mass is 9.83. The number of hydrogen-bond donors (Lipinski definition) is 2. The van der Waals surface area contributed by atoms with Crippen molar-refractivity contribution in [3.8, 4) is 0 Å². The third-order valence-electron chi connectivity index (χ3n) is 4.36. The summed E-state index contributed by atoms with van der Waals surface area (Å²) in [6.07, 6.45) is 2.20. The summed E-state index contributed by atoms with van der Waals surface area (Å²) < 4.78 is 0. The molecule has 1 amide bonds. The molecule has 0 aliphatic carbocycles. The predicted octanol–water partition coefficient (Wildman–Crippen LogP) is 3.96. The third-order valence-corrected chi connectivity index (χ3v) is 4.36. The van der Waals surface area contributed by atoms with Crippen LogP contribution in [-0.2, 0) is 16.6 Å². The summed E-state index contributed by atoms with van der Waals surface area (Å²) in [6.45, 7) is 4.94. The molecule has 0 aromatic heterocycles. The van der Waals surface area contributed by atoms with E-state index >= 15 is 0 Å². The first kappa shape index (κ1) is 14.6. The second-order valence-corrected chi connectivity index (χ2v) is 6.35. The molecule has 0 saturated carbocycles. The molecule has 0 saturated heterocycles. The molecule has 1 heterocycles. The van der Waals surface area contributed by atoms with E-state index in [0.29, 0.717) is 0 Å². The summed E-state index contributed by atoms with van der Waals surface area (Å²) >= 11 is 0. The van der Waals surface area contributed by atoms with E-state index in [1.807, 2.05) is 50.2 Å². The molecule has 22 heavy (non-hydrogen) atoms. The number of benzene rings is 2. The monoisotopic (exact) mass is 294 g/mol. The molecule has 0 bridgehead atoms. The molecular formula is C19H22N2O. The van der Waals surface area contributed by atoms with Gasteiger partial charge in [-0.15, -0.1) is 0 Å². The minimum atomic E-state index is -0.560. The third kappa shape index (κ3) is 2.84. The Bertz CT molecular complexity index is 677. The molecule has 2 aromatic rings. The zero-order chi connectivity index (χ0) is 15.6. The zero-order valence-electron chi connectivity index (χ0n) is 13.1. The number of nitrogens with one attached hydrogen (secondary N) is 2. The van der Waals surface area contributed by atoms with Crippen LogP contribution < -0.4 is 10.6 Å². The molecule has 2 N–H and O–H groups in total. The first-order chi connectivity index (χ1) is 10.6. The highest BCUT2D eigenvalue weighted by atomic mass is 16.2. The normalized spacial score (nSPS) is 13.9. The molecule has 3 heteroatoms. The van der Waals surface area contributed by atoms with E-state index in [-0.39, 0.29) is 5.91 Å². The van der Waals surface area contributed by atoms with Crippen molar-refractivity contribution in [2.75, 3.05) is 17.2 Å². The highest BCUT2D eigenvalue weighted by Gasteiger charge is 2.29. The first-order valence-electron chi connectivity index (χ1n) is 7.81. The SMILES string of the molecule is CC(C)(C(=O)Nc1ccc2c(c1)CCCN2)c1ccccc1. The summed E-state index contributed by atoms with van der Waals surface area (Å²) in [6, 6.07) is 16.0. The average molecular weight is 294 g/mol. The van der Waals surface area contributed by atoms with Gasteiger partial charge >= 0.3 is 0 Å². The van der Waals surface area contributed by atoms with Crippen molar-refractivity contribution in [3.63, 3.8) is 0 Å². The number of fused-ring (bicyclic) bond motifs is 1. The Morgan fingerprint density at radius 1 is 1.14 bits per heavy atom. The van der Waals surface area contributed by atoms with Crippen molar-refractivity contribution >= 4 is 17.3 Å². The van der Waals surface area contributed by atoms with Crippen LogP contribution in [0.4, 0.5) is 11.4 Å². The van der Waals surface area contributed by atoms with Crippen LogP contribution in [0.1, 0.15) is 31.4 Å². The second kappa shape index (κ2) is 5.84. The maximum atomic E-state index is 12.7. The van der Waals surface area contributed by atoms with E-state index in [2.05, 4.69) is 22.8 Å². The lowest BCUT2D eigenvalue weighted by Crippen LogP contribution is -2.34. The highest BCUT2D eigenvalue weighted by molar-refractivity contribution is 5.98. The van der Waals surface area contributed by atoms with Crippen molar-refractivity contribution in [3.05, 3.63) is 59.7 Å². The molecule has 1 aliphatic rings. The van der Waals surface area contributed by atoms with Crippen LogP contribution in [0.5, 0.6) is 0 Å². The Balaban J connectivity index is 1.79. The van der Waals surface area contributed by atoms with Crippen molar-refractivity contribution in [1.82, 2.24) is 0 Å². The van der Waals surface area contributed by atoms with E-state index in [1.54, 1.807) is 0 Å². The Labute approximate surface area is 131 Å². The molecule has 0 radical (unpaired) electrons. The van der Waals surface area contributed by atoms with Gasteiger partial charge in [-0.25, -0.2) is 0 Å². The van der Waals surface area contributed by atoms with Gasteiger partial charge in [0, 0.05) is 17.9 Å². The van der Waals surface area contributed by atoms with E-state index < -0.39 is 5.41 Å². The van der Waals surface area contributed by atoms with Gasteiger partial charge in [-0.1, -0.05) is 30.3 Å². The van der Waals surface area contributed by atoms with Gasteiger partial charge in [0.1, 0.15) is 0 Å². The van der Waals surface area contributed by atoms with Gasteiger partial charge in [0.2, 0.25) is 5.91 Å². The summed E-state index contributed by atoms with van der Waals surface area (Å²) in [5.74, 6) is 0.0161. The van der Waals surface area contributed by atoms with Crippen molar-refractivity contribution in [2.45, 2.75) is 32.1 Å². The number of aryl methyl sites for hydroxylation is 1. The van der Waals surface area contributed by atoms with E-state index in [9.17, 15) is 4.79 Å². The largest absolute Gasteiger partial charge is 0.385 e. The number of carbonyl (C=O) groups is 1. The minimum Gasteiger partial charge on any atom is -0.385 e. The van der Waals surface area contributed by atoms with E-state index in [1.165, 1.54) is 11.3 Å². The van der Waals surface area contributed by atoms with E-state index in [4.69, 9.17) is 0 Å². The fraction of sp³-hybridized carbons (Fsp3) is 0.316. The molecule has 2 aromatic carbocycles. The smallest absolute Gasteiger partial charge is 0.234 e. The van der Waals surface area contributed by atoms with Crippen LogP contribution >= 0.6 is 0 Å². The number of anilines is 2. The number of hydrogen-bond acceptors (Lipinski definition) is 2. The zero-order valence-corrected chi connectivity index (χ0v) is 13.1. The van der Waals surface area contributed by atoms with Crippen LogP contribution in [0.15, 0.2) is 48.5 Å². The number of carbonyl (C=O) groups excluding carboxylic acids is 1. The van der Waals surface area contributed by atoms with Crippen LogP contribution in [0.2, 0.25) is 0 Å². The molecule has 3 nitrogen and oxygen atoms in total. The van der Waals surface area contributed by atoms with Gasteiger partial charge < -0.3 is 10.6 Å². The number of amides is 1. The Hall–Kier alpha value is -2.29. The second-order valence-electron chi connectivity index (χ2n) is 6.35. The molecule has 3 rings (SSSR count). The van der Waals surface area contributed by atoms with Crippen molar-refractivity contribution < 1.29 is 4.79 Å². The van der Waals surface area contributed by atoms with Gasteiger partial charge in [-0.05, 0) is 56.0 Å². The number of rotatable bonds is 3. The van der Waals surface area contributed by atoms with Crippen LogP contribution in [0, 0.1) is 0 Å². The molecule has 1 aliphatic heterocycles. The summed E-state index contributed by atoms with van der Waals surface area (Å²) in [4.78, 5) is 12.7. The van der Waals surface area contributed by atoms with Crippen molar-refractivity contribution in [2.24, 2.45) is 0 Å². The first-order valence-corrected chi connectivity index (χ1v) is 7.81. The quantitative estimate of drug-likeness (QED) is 0.899. The average Bonchev–Trinajstić information content (AvgIpc) is 2.55.